The molecule has 2 aromatic rings. The molecule has 0 bridgehead atoms. The fourth-order valence-electron chi connectivity index (χ4n) is 2.76. The third-order valence-electron chi connectivity index (χ3n) is 4.23. The number of para-hydroxylation sites is 1. The van der Waals surface area contributed by atoms with E-state index < -0.39 is 0 Å². The Balaban J connectivity index is 1.50. The highest BCUT2D eigenvalue weighted by atomic mass is 16.2. The van der Waals surface area contributed by atoms with Crippen molar-refractivity contribution in [3.63, 3.8) is 0 Å². The minimum absolute atomic E-state index is 0.0962. The number of rotatable bonds is 6. The van der Waals surface area contributed by atoms with Crippen LogP contribution < -0.4 is 20.4 Å². The molecule has 1 aliphatic heterocycles. The summed E-state index contributed by atoms with van der Waals surface area (Å²) in [6.45, 7) is 2.58. The van der Waals surface area contributed by atoms with Gasteiger partial charge in [0.15, 0.2) is 0 Å². The van der Waals surface area contributed by atoms with Crippen molar-refractivity contribution < 1.29 is 9.59 Å². The summed E-state index contributed by atoms with van der Waals surface area (Å²) >= 11 is 0. The average Bonchev–Trinajstić information content (AvgIpc) is 3.08. The lowest BCUT2D eigenvalue weighted by Gasteiger charge is -2.19. The molecule has 0 saturated carbocycles. The van der Waals surface area contributed by atoms with E-state index in [1.54, 1.807) is 29.2 Å². The van der Waals surface area contributed by atoms with E-state index in [1.807, 2.05) is 37.4 Å². The highest BCUT2D eigenvalue weighted by molar-refractivity contribution is 5.97. The summed E-state index contributed by atoms with van der Waals surface area (Å²) in [6, 6.07) is 17.0. The summed E-state index contributed by atoms with van der Waals surface area (Å²) in [6.07, 6.45) is 0. The predicted molar refractivity (Wildman–Crippen MR) is 99.2 cm³/mol. The van der Waals surface area contributed by atoms with Crippen LogP contribution in [-0.2, 0) is 0 Å². The van der Waals surface area contributed by atoms with Crippen molar-refractivity contribution in [1.29, 1.82) is 0 Å². The summed E-state index contributed by atoms with van der Waals surface area (Å²) in [4.78, 5) is 27.6. The van der Waals surface area contributed by atoms with Gasteiger partial charge in [0.05, 0.1) is 0 Å². The van der Waals surface area contributed by atoms with Crippen molar-refractivity contribution in [2.45, 2.75) is 0 Å². The molecular formula is C19H22N4O2. The quantitative estimate of drug-likeness (QED) is 0.848. The number of carbonyl (C=O) groups excluding carboxylic acids is 2. The van der Waals surface area contributed by atoms with E-state index in [0.717, 1.165) is 17.9 Å². The SMILES string of the molecule is CN(CCNC(=O)c1ccc(N2CCNC2=O)cc1)c1ccccc1. The van der Waals surface area contributed by atoms with Crippen molar-refractivity contribution in [3.05, 3.63) is 60.2 Å². The van der Waals surface area contributed by atoms with Crippen LogP contribution in [0.25, 0.3) is 0 Å². The van der Waals surface area contributed by atoms with E-state index >= 15 is 0 Å². The van der Waals surface area contributed by atoms with Crippen LogP contribution in [-0.4, -0.2) is 45.2 Å². The lowest BCUT2D eigenvalue weighted by molar-refractivity contribution is 0.0954. The smallest absolute Gasteiger partial charge is 0.321 e. The van der Waals surface area contributed by atoms with Crippen LogP contribution in [0, 0.1) is 0 Å². The zero-order valence-corrected chi connectivity index (χ0v) is 14.2. The van der Waals surface area contributed by atoms with Crippen LogP contribution in [0.2, 0.25) is 0 Å². The zero-order chi connectivity index (χ0) is 17.6. The van der Waals surface area contributed by atoms with Crippen molar-refractivity contribution in [2.75, 3.05) is 43.0 Å². The highest BCUT2D eigenvalue weighted by Gasteiger charge is 2.21. The second-order valence-electron chi connectivity index (χ2n) is 5.94. The molecule has 1 saturated heterocycles. The molecule has 0 atom stereocenters. The third-order valence-corrected chi connectivity index (χ3v) is 4.23. The lowest BCUT2D eigenvalue weighted by atomic mass is 10.2. The van der Waals surface area contributed by atoms with Gasteiger partial charge in [-0.15, -0.1) is 0 Å². The minimum Gasteiger partial charge on any atom is -0.373 e. The molecule has 6 nitrogen and oxygen atoms in total. The van der Waals surface area contributed by atoms with Gasteiger partial charge in [0, 0.05) is 50.2 Å². The minimum atomic E-state index is -0.112. The highest BCUT2D eigenvalue weighted by Crippen LogP contribution is 2.17. The summed E-state index contributed by atoms with van der Waals surface area (Å²) < 4.78 is 0. The Morgan fingerprint density at radius 2 is 1.88 bits per heavy atom. The van der Waals surface area contributed by atoms with E-state index in [0.29, 0.717) is 25.2 Å². The second-order valence-corrected chi connectivity index (χ2v) is 5.94. The third kappa shape index (κ3) is 4.09. The van der Waals surface area contributed by atoms with Crippen molar-refractivity contribution >= 4 is 23.3 Å². The van der Waals surface area contributed by atoms with Gasteiger partial charge in [-0.2, -0.15) is 0 Å². The first-order valence-electron chi connectivity index (χ1n) is 8.35. The average molecular weight is 338 g/mol. The number of anilines is 2. The molecule has 2 aromatic carbocycles. The fourth-order valence-corrected chi connectivity index (χ4v) is 2.76. The van der Waals surface area contributed by atoms with Crippen LogP contribution in [0.15, 0.2) is 54.6 Å². The summed E-state index contributed by atoms with van der Waals surface area (Å²) in [5.74, 6) is -0.112. The van der Waals surface area contributed by atoms with Crippen molar-refractivity contribution in [3.8, 4) is 0 Å². The topological polar surface area (TPSA) is 64.7 Å². The van der Waals surface area contributed by atoms with Gasteiger partial charge in [0.1, 0.15) is 0 Å². The molecule has 1 fully saturated rings. The fraction of sp³-hybridized carbons (Fsp3) is 0.263. The maximum absolute atomic E-state index is 12.2. The van der Waals surface area contributed by atoms with Gasteiger partial charge >= 0.3 is 6.03 Å². The van der Waals surface area contributed by atoms with Crippen molar-refractivity contribution in [2.24, 2.45) is 0 Å². The Kier molecular flexibility index (Phi) is 5.18. The molecule has 0 aromatic heterocycles. The largest absolute Gasteiger partial charge is 0.373 e. The Labute approximate surface area is 147 Å². The lowest BCUT2D eigenvalue weighted by Crippen LogP contribution is -2.33. The first kappa shape index (κ1) is 16.8. The zero-order valence-electron chi connectivity index (χ0n) is 14.2. The number of amides is 3. The molecule has 3 rings (SSSR count). The van der Waals surface area contributed by atoms with Gasteiger partial charge in [-0.05, 0) is 36.4 Å². The Hall–Kier alpha value is -3.02. The van der Waals surface area contributed by atoms with Gasteiger partial charge < -0.3 is 15.5 Å². The Morgan fingerprint density at radius 3 is 2.52 bits per heavy atom. The van der Waals surface area contributed by atoms with Gasteiger partial charge in [0.2, 0.25) is 0 Å². The molecule has 6 heteroatoms. The van der Waals surface area contributed by atoms with Crippen molar-refractivity contribution in [1.82, 2.24) is 10.6 Å². The van der Waals surface area contributed by atoms with Gasteiger partial charge in [-0.3, -0.25) is 9.69 Å². The normalized spacial score (nSPS) is 13.5. The standard InChI is InChI=1S/C19H22N4O2/c1-22(16-5-3-2-4-6-16)13-11-20-18(24)15-7-9-17(10-8-15)23-14-12-21-19(23)25/h2-10H,11-14H2,1H3,(H,20,24)(H,21,25). The number of hydrogen-bond acceptors (Lipinski definition) is 3. The molecule has 130 valence electrons. The first-order valence-corrected chi connectivity index (χ1v) is 8.35. The van der Waals surface area contributed by atoms with E-state index in [2.05, 4.69) is 15.5 Å². The molecule has 0 unspecified atom stereocenters. The van der Waals surface area contributed by atoms with E-state index in [1.165, 1.54) is 0 Å². The maximum atomic E-state index is 12.2. The second kappa shape index (κ2) is 7.70. The monoisotopic (exact) mass is 338 g/mol. The number of hydrogen-bond donors (Lipinski definition) is 2. The molecule has 0 spiro atoms. The molecular weight excluding hydrogens is 316 g/mol. The molecule has 0 radical (unpaired) electrons. The Bertz CT molecular complexity index is 731. The predicted octanol–water partition coefficient (Wildman–Crippen LogP) is 2.08. The van der Waals surface area contributed by atoms with E-state index in [-0.39, 0.29) is 11.9 Å². The van der Waals surface area contributed by atoms with Crippen LogP contribution in [0.5, 0.6) is 0 Å². The molecule has 1 aliphatic rings. The molecule has 3 amide bonds. The summed E-state index contributed by atoms with van der Waals surface area (Å²) in [7, 11) is 2.00. The van der Waals surface area contributed by atoms with Gasteiger partial charge in [-0.1, -0.05) is 18.2 Å². The molecule has 0 aliphatic carbocycles. The number of carbonyl (C=O) groups is 2. The van der Waals surface area contributed by atoms with Crippen LogP contribution in [0.4, 0.5) is 16.2 Å². The number of nitrogens with one attached hydrogen (secondary N) is 2. The maximum Gasteiger partial charge on any atom is 0.321 e. The molecule has 25 heavy (non-hydrogen) atoms. The first-order chi connectivity index (χ1) is 12.1. The summed E-state index contributed by atoms with van der Waals surface area (Å²) in [5.41, 5.74) is 2.51. The number of likely N-dealkylation sites (N-methyl/N-ethyl adjacent to an activating group) is 1. The van der Waals surface area contributed by atoms with E-state index in [9.17, 15) is 9.59 Å². The van der Waals surface area contributed by atoms with Gasteiger partial charge in [0.25, 0.3) is 5.91 Å². The van der Waals surface area contributed by atoms with Gasteiger partial charge in [-0.25, -0.2) is 4.79 Å². The molecule has 2 N–H and O–H groups in total. The van der Waals surface area contributed by atoms with E-state index in [4.69, 9.17) is 0 Å². The van der Waals surface area contributed by atoms with Crippen LogP contribution in [0.1, 0.15) is 10.4 Å². The number of nitrogens with zero attached hydrogens (tertiary/aromatic N) is 2. The number of urea groups is 1. The molecule has 1 heterocycles. The summed E-state index contributed by atoms with van der Waals surface area (Å²) in [5, 5.41) is 5.68. The van der Waals surface area contributed by atoms with Crippen LogP contribution >= 0.6 is 0 Å². The number of benzene rings is 2. The van der Waals surface area contributed by atoms with Crippen LogP contribution in [0.3, 0.4) is 0 Å². The Morgan fingerprint density at radius 1 is 1.16 bits per heavy atom.